The van der Waals surface area contributed by atoms with Crippen LogP contribution in [0.15, 0.2) is 66.1 Å². The van der Waals surface area contributed by atoms with Gasteiger partial charge >= 0.3 is 0 Å². The molecule has 6 nitrogen and oxygen atoms in total. The highest BCUT2D eigenvalue weighted by Crippen LogP contribution is 2.39. The van der Waals surface area contributed by atoms with E-state index in [9.17, 15) is 0 Å². The zero-order chi connectivity index (χ0) is 21.7. The third-order valence-corrected chi connectivity index (χ3v) is 7.03. The van der Waals surface area contributed by atoms with Gasteiger partial charge in [0.05, 0.1) is 11.0 Å². The molecule has 0 aliphatic carbocycles. The van der Waals surface area contributed by atoms with Crippen molar-refractivity contribution in [3.63, 3.8) is 0 Å². The summed E-state index contributed by atoms with van der Waals surface area (Å²) in [6, 6.07) is 17.0. The monoisotopic (exact) mass is 440 g/mol. The molecule has 6 rings (SSSR count). The fourth-order valence-electron chi connectivity index (χ4n) is 4.93. The van der Waals surface area contributed by atoms with Crippen molar-refractivity contribution in [1.82, 2.24) is 29.4 Å². The fraction of sp³-hybridized carbons (Fsp3) is 0.240. The Morgan fingerprint density at radius 2 is 1.84 bits per heavy atom. The number of aromatic nitrogens is 5. The van der Waals surface area contributed by atoms with Crippen LogP contribution >= 0.6 is 11.8 Å². The number of aryl methyl sites for hydroxylation is 1. The summed E-state index contributed by atoms with van der Waals surface area (Å²) < 4.78 is 2.24. The molecule has 1 atom stereocenters. The molecule has 4 heterocycles. The SMILES string of the molecule is CSc1ncc(CN2CCc3c([nH]c4ccccc34)C2c2nc3ccccc3n2C)cn1. The van der Waals surface area contributed by atoms with E-state index >= 15 is 0 Å². The van der Waals surface area contributed by atoms with Gasteiger partial charge in [-0.3, -0.25) is 4.90 Å². The molecule has 0 fully saturated rings. The van der Waals surface area contributed by atoms with Gasteiger partial charge in [-0.05, 0) is 36.4 Å². The van der Waals surface area contributed by atoms with Crippen molar-refractivity contribution in [2.24, 2.45) is 7.05 Å². The van der Waals surface area contributed by atoms with E-state index < -0.39 is 0 Å². The van der Waals surface area contributed by atoms with E-state index in [1.54, 1.807) is 11.8 Å². The number of nitrogens with zero attached hydrogens (tertiary/aromatic N) is 5. The van der Waals surface area contributed by atoms with Crippen LogP contribution in [0.1, 0.15) is 28.7 Å². The van der Waals surface area contributed by atoms with Crippen LogP contribution in [0.2, 0.25) is 0 Å². The van der Waals surface area contributed by atoms with E-state index in [2.05, 4.69) is 80.0 Å². The molecule has 1 N–H and O–H groups in total. The van der Waals surface area contributed by atoms with Crippen LogP contribution in [0.4, 0.5) is 0 Å². The van der Waals surface area contributed by atoms with E-state index in [1.165, 1.54) is 22.2 Å². The second-order valence-corrected chi connectivity index (χ2v) is 9.05. The molecule has 32 heavy (non-hydrogen) atoms. The Morgan fingerprint density at radius 1 is 1.06 bits per heavy atom. The lowest BCUT2D eigenvalue weighted by Crippen LogP contribution is -2.37. The van der Waals surface area contributed by atoms with Crippen molar-refractivity contribution >= 4 is 33.7 Å². The molecule has 2 aromatic carbocycles. The summed E-state index contributed by atoms with van der Waals surface area (Å²) >= 11 is 1.56. The first kappa shape index (κ1) is 19.5. The maximum Gasteiger partial charge on any atom is 0.187 e. The predicted octanol–water partition coefficient (Wildman–Crippen LogP) is 4.71. The summed E-state index contributed by atoms with van der Waals surface area (Å²) in [6.45, 7) is 1.73. The number of hydrogen-bond donors (Lipinski definition) is 1. The molecule has 1 aliphatic rings. The number of imidazole rings is 1. The van der Waals surface area contributed by atoms with Gasteiger partial charge in [0.25, 0.3) is 0 Å². The number of rotatable bonds is 4. The number of benzene rings is 2. The average molecular weight is 441 g/mol. The smallest absolute Gasteiger partial charge is 0.187 e. The zero-order valence-electron chi connectivity index (χ0n) is 18.1. The van der Waals surface area contributed by atoms with Gasteiger partial charge in [-0.25, -0.2) is 15.0 Å². The van der Waals surface area contributed by atoms with Crippen LogP contribution in [0.5, 0.6) is 0 Å². The molecule has 1 unspecified atom stereocenters. The number of hydrogen-bond acceptors (Lipinski definition) is 5. The van der Waals surface area contributed by atoms with Gasteiger partial charge in [-0.15, -0.1) is 0 Å². The van der Waals surface area contributed by atoms with Crippen molar-refractivity contribution in [3.05, 3.63) is 83.6 Å². The van der Waals surface area contributed by atoms with Crippen LogP contribution in [-0.2, 0) is 20.0 Å². The van der Waals surface area contributed by atoms with Crippen LogP contribution in [0.3, 0.4) is 0 Å². The lowest BCUT2D eigenvalue weighted by molar-refractivity contribution is 0.192. The fourth-order valence-corrected chi connectivity index (χ4v) is 5.24. The second kappa shape index (κ2) is 7.76. The molecule has 5 aromatic rings. The lowest BCUT2D eigenvalue weighted by atomic mass is 9.96. The standard InChI is InChI=1S/C25H24N6S/c1-30-21-10-6-5-9-20(21)29-24(30)23-22-18(17-7-3-4-8-19(17)28-22)11-12-31(23)15-16-13-26-25(32-2)27-14-16/h3-10,13-14,23,28H,11-12,15H2,1-2H3. The number of fused-ring (bicyclic) bond motifs is 4. The topological polar surface area (TPSA) is 62.6 Å². The van der Waals surface area contributed by atoms with Crippen molar-refractivity contribution in [1.29, 1.82) is 0 Å². The van der Waals surface area contributed by atoms with Crippen molar-refractivity contribution in [2.45, 2.75) is 24.2 Å². The van der Waals surface area contributed by atoms with Crippen LogP contribution in [0.25, 0.3) is 21.9 Å². The maximum absolute atomic E-state index is 5.09. The molecule has 0 bridgehead atoms. The quantitative estimate of drug-likeness (QED) is 0.324. The Bertz CT molecular complexity index is 1420. The molecule has 1 aliphatic heterocycles. The number of H-pyrrole nitrogens is 1. The molecular weight excluding hydrogens is 416 g/mol. The Hall–Kier alpha value is -3.16. The molecule has 0 saturated carbocycles. The molecule has 3 aromatic heterocycles. The molecule has 0 radical (unpaired) electrons. The molecule has 0 amide bonds. The number of thioether (sulfide) groups is 1. The highest BCUT2D eigenvalue weighted by molar-refractivity contribution is 7.98. The molecule has 0 saturated heterocycles. The molecule has 0 spiro atoms. The van der Waals surface area contributed by atoms with Gasteiger partial charge in [0.1, 0.15) is 11.9 Å². The largest absolute Gasteiger partial charge is 0.356 e. The number of nitrogens with one attached hydrogen (secondary N) is 1. The minimum Gasteiger partial charge on any atom is -0.356 e. The van der Waals surface area contributed by atoms with E-state index in [1.807, 2.05) is 18.6 Å². The van der Waals surface area contributed by atoms with Crippen LogP contribution < -0.4 is 0 Å². The van der Waals surface area contributed by atoms with Gasteiger partial charge in [-0.1, -0.05) is 42.1 Å². The highest BCUT2D eigenvalue weighted by Gasteiger charge is 2.34. The Morgan fingerprint density at radius 3 is 2.66 bits per heavy atom. The minimum atomic E-state index is 0.0313. The zero-order valence-corrected chi connectivity index (χ0v) is 18.9. The van der Waals surface area contributed by atoms with Gasteiger partial charge in [0.2, 0.25) is 0 Å². The van der Waals surface area contributed by atoms with E-state index in [0.717, 1.165) is 47.1 Å². The third kappa shape index (κ3) is 3.12. The Labute approximate surface area is 190 Å². The van der Waals surface area contributed by atoms with Crippen LogP contribution in [0, 0.1) is 0 Å². The number of para-hydroxylation sites is 3. The molecule has 160 valence electrons. The summed E-state index contributed by atoms with van der Waals surface area (Å²) in [4.78, 5) is 20.3. The van der Waals surface area contributed by atoms with Crippen molar-refractivity contribution in [3.8, 4) is 0 Å². The first-order valence-corrected chi connectivity index (χ1v) is 12.0. The minimum absolute atomic E-state index is 0.0313. The Kier molecular flexibility index (Phi) is 4.73. The summed E-state index contributed by atoms with van der Waals surface area (Å²) in [5, 5.41) is 2.12. The second-order valence-electron chi connectivity index (χ2n) is 8.28. The van der Waals surface area contributed by atoms with Crippen molar-refractivity contribution < 1.29 is 0 Å². The van der Waals surface area contributed by atoms with Gasteiger partial charge in [-0.2, -0.15) is 0 Å². The molecular formula is C25H24N6S. The maximum atomic E-state index is 5.09. The van der Waals surface area contributed by atoms with E-state index in [-0.39, 0.29) is 6.04 Å². The highest BCUT2D eigenvalue weighted by atomic mass is 32.2. The summed E-state index contributed by atoms with van der Waals surface area (Å²) in [5.41, 5.74) is 7.14. The summed E-state index contributed by atoms with van der Waals surface area (Å²) in [5.74, 6) is 1.06. The van der Waals surface area contributed by atoms with E-state index in [0.29, 0.717) is 0 Å². The Balaban J connectivity index is 1.50. The summed E-state index contributed by atoms with van der Waals surface area (Å²) in [6.07, 6.45) is 6.90. The predicted molar refractivity (Wildman–Crippen MR) is 129 cm³/mol. The van der Waals surface area contributed by atoms with E-state index in [4.69, 9.17) is 4.98 Å². The van der Waals surface area contributed by atoms with Gasteiger partial charge in [0.15, 0.2) is 5.16 Å². The first-order valence-electron chi connectivity index (χ1n) is 10.8. The normalized spacial score (nSPS) is 16.6. The van der Waals surface area contributed by atoms with Crippen molar-refractivity contribution in [2.75, 3.05) is 12.8 Å². The number of aromatic amines is 1. The van der Waals surface area contributed by atoms with Gasteiger partial charge < -0.3 is 9.55 Å². The third-order valence-electron chi connectivity index (χ3n) is 6.45. The van der Waals surface area contributed by atoms with Crippen LogP contribution in [-0.4, -0.2) is 42.2 Å². The van der Waals surface area contributed by atoms with Gasteiger partial charge in [0, 0.05) is 54.7 Å². The summed E-state index contributed by atoms with van der Waals surface area (Å²) in [7, 11) is 2.12. The molecule has 7 heteroatoms. The lowest BCUT2D eigenvalue weighted by Gasteiger charge is -2.35. The first-order chi connectivity index (χ1) is 15.7. The average Bonchev–Trinajstić information content (AvgIpc) is 3.37.